The van der Waals surface area contributed by atoms with Gasteiger partial charge < -0.3 is 5.32 Å². The Kier molecular flexibility index (Phi) is 2.83. The van der Waals surface area contributed by atoms with Crippen LogP contribution in [-0.2, 0) is 6.54 Å². The molecule has 0 spiro atoms. The van der Waals surface area contributed by atoms with Crippen LogP contribution in [0.5, 0.6) is 0 Å². The van der Waals surface area contributed by atoms with Crippen LogP contribution >= 0.6 is 11.3 Å². The molecule has 2 nitrogen and oxygen atoms in total. The molecule has 2 fully saturated rings. The molecule has 1 aromatic heterocycles. The van der Waals surface area contributed by atoms with Crippen molar-refractivity contribution in [2.24, 2.45) is 16.7 Å². The molecule has 3 rings (SSSR count). The second-order valence-corrected chi connectivity index (χ2v) is 8.15. The molecule has 2 aliphatic rings. The zero-order chi connectivity index (χ0) is 13.0. The molecule has 100 valence electrons. The van der Waals surface area contributed by atoms with Crippen LogP contribution in [0.25, 0.3) is 0 Å². The van der Waals surface area contributed by atoms with Gasteiger partial charge in [-0.25, -0.2) is 4.98 Å². The van der Waals surface area contributed by atoms with Gasteiger partial charge in [-0.05, 0) is 42.9 Å². The summed E-state index contributed by atoms with van der Waals surface area (Å²) in [7, 11) is 0. The van der Waals surface area contributed by atoms with E-state index in [1.54, 1.807) is 11.3 Å². The number of fused-ring (bicyclic) bond motifs is 2. The minimum Gasteiger partial charge on any atom is -0.307 e. The smallest absolute Gasteiger partial charge is 0.0897 e. The number of hydrogen-bond donors (Lipinski definition) is 1. The molecule has 18 heavy (non-hydrogen) atoms. The van der Waals surface area contributed by atoms with Crippen LogP contribution in [-0.4, -0.2) is 11.0 Å². The molecule has 2 saturated carbocycles. The summed E-state index contributed by atoms with van der Waals surface area (Å²) in [5.74, 6) is 0.914. The van der Waals surface area contributed by atoms with Crippen molar-refractivity contribution in [1.29, 1.82) is 0 Å². The normalized spacial score (nSPS) is 37.3. The third kappa shape index (κ3) is 1.83. The first-order valence-electron chi connectivity index (χ1n) is 7.06. The summed E-state index contributed by atoms with van der Waals surface area (Å²) in [6.45, 7) is 10.4. The Morgan fingerprint density at radius 2 is 2.22 bits per heavy atom. The van der Waals surface area contributed by atoms with E-state index in [0.29, 0.717) is 16.9 Å². The van der Waals surface area contributed by atoms with Crippen molar-refractivity contribution >= 4 is 11.3 Å². The van der Waals surface area contributed by atoms with Gasteiger partial charge in [0.05, 0.1) is 10.7 Å². The number of rotatable bonds is 3. The second kappa shape index (κ2) is 4.04. The summed E-state index contributed by atoms with van der Waals surface area (Å²) in [4.78, 5) is 4.56. The SMILES string of the molecule is Cc1nc(CNC2C(C)(C)[C@H]3CC[C@]2(C)C3)cs1. The van der Waals surface area contributed by atoms with Crippen LogP contribution in [0.1, 0.15) is 50.7 Å². The van der Waals surface area contributed by atoms with Gasteiger partial charge in [-0.15, -0.1) is 11.3 Å². The summed E-state index contributed by atoms with van der Waals surface area (Å²) in [6.07, 6.45) is 4.24. The van der Waals surface area contributed by atoms with Gasteiger partial charge in [-0.3, -0.25) is 0 Å². The van der Waals surface area contributed by atoms with Crippen molar-refractivity contribution < 1.29 is 0 Å². The van der Waals surface area contributed by atoms with Crippen molar-refractivity contribution in [3.8, 4) is 0 Å². The first kappa shape index (κ1) is 12.6. The van der Waals surface area contributed by atoms with Gasteiger partial charge in [0.25, 0.3) is 0 Å². The molecule has 1 aromatic rings. The van der Waals surface area contributed by atoms with E-state index >= 15 is 0 Å². The van der Waals surface area contributed by atoms with Crippen molar-refractivity contribution in [2.45, 2.75) is 59.5 Å². The Hall–Kier alpha value is -0.410. The molecule has 0 amide bonds. The monoisotopic (exact) mass is 264 g/mol. The Balaban J connectivity index is 1.72. The molecular weight excluding hydrogens is 240 g/mol. The van der Waals surface area contributed by atoms with E-state index in [0.717, 1.165) is 12.5 Å². The highest BCUT2D eigenvalue weighted by molar-refractivity contribution is 7.09. The Morgan fingerprint density at radius 1 is 1.44 bits per heavy atom. The van der Waals surface area contributed by atoms with Crippen LogP contribution in [0.15, 0.2) is 5.38 Å². The van der Waals surface area contributed by atoms with E-state index in [4.69, 9.17) is 0 Å². The molecule has 0 saturated heterocycles. The van der Waals surface area contributed by atoms with E-state index in [2.05, 4.69) is 43.4 Å². The van der Waals surface area contributed by atoms with Crippen molar-refractivity contribution in [1.82, 2.24) is 10.3 Å². The van der Waals surface area contributed by atoms with Gasteiger partial charge in [-0.1, -0.05) is 20.8 Å². The summed E-state index contributed by atoms with van der Waals surface area (Å²) < 4.78 is 0. The molecule has 3 atom stereocenters. The Bertz CT molecular complexity index is 446. The third-order valence-corrected chi connectivity index (χ3v) is 6.25. The number of aromatic nitrogens is 1. The van der Waals surface area contributed by atoms with Crippen LogP contribution in [0.4, 0.5) is 0 Å². The molecule has 0 aromatic carbocycles. The average Bonchev–Trinajstić information content (AvgIpc) is 2.89. The summed E-state index contributed by atoms with van der Waals surface area (Å²) in [5, 5.41) is 7.17. The van der Waals surface area contributed by atoms with E-state index in [-0.39, 0.29) is 0 Å². The first-order valence-corrected chi connectivity index (χ1v) is 7.94. The fourth-order valence-corrected chi connectivity index (χ4v) is 5.12. The molecule has 1 unspecified atom stereocenters. The minimum absolute atomic E-state index is 0.443. The predicted octanol–water partition coefficient (Wildman–Crippen LogP) is 3.76. The highest BCUT2D eigenvalue weighted by Crippen LogP contribution is 2.62. The number of hydrogen-bond acceptors (Lipinski definition) is 3. The van der Waals surface area contributed by atoms with Crippen LogP contribution in [0.3, 0.4) is 0 Å². The van der Waals surface area contributed by atoms with Gasteiger partial charge in [0.15, 0.2) is 0 Å². The van der Waals surface area contributed by atoms with E-state index in [1.165, 1.54) is 30.0 Å². The lowest BCUT2D eigenvalue weighted by Gasteiger charge is -2.43. The Morgan fingerprint density at radius 3 is 2.78 bits per heavy atom. The van der Waals surface area contributed by atoms with Crippen LogP contribution < -0.4 is 5.32 Å². The number of aryl methyl sites for hydroxylation is 1. The summed E-state index contributed by atoms with van der Waals surface area (Å²) >= 11 is 1.75. The molecule has 0 radical (unpaired) electrons. The van der Waals surface area contributed by atoms with E-state index < -0.39 is 0 Å². The van der Waals surface area contributed by atoms with Gasteiger partial charge in [-0.2, -0.15) is 0 Å². The van der Waals surface area contributed by atoms with Gasteiger partial charge in [0, 0.05) is 18.0 Å². The topological polar surface area (TPSA) is 24.9 Å². The zero-order valence-corrected chi connectivity index (χ0v) is 12.7. The maximum absolute atomic E-state index is 4.56. The van der Waals surface area contributed by atoms with Crippen LogP contribution in [0.2, 0.25) is 0 Å². The lowest BCUT2D eigenvalue weighted by atomic mass is 9.68. The molecule has 2 aliphatic carbocycles. The maximum Gasteiger partial charge on any atom is 0.0897 e. The Labute approximate surface area is 114 Å². The lowest BCUT2D eigenvalue weighted by molar-refractivity contribution is 0.108. The standard InChI is InChI=1S/C15H24N2S/c1-10-17-12(9-18-10)8-16-13-14(2,3)11-5-6-15(13,4)7-11/h9,11,13,16H,5-8H2,1-4H3/t11-,13?,15+/m0/s1. The summed E-state index contributed by atoms with van der Waals surface area (Å²) in [5.41, 5.74) is 2.16. The molecule has 1 heterocycles. The predicted molar refractivity (Wildman–Crippen MR) is 76.7 cm³/mol. The highest BCUT2D eigenvalue weighted by Gasteiger charge is 2.58. The minimum atomic E-state index is 0.443. The average molecular weight is 264 g/mol. The summed E-state index contributed by atoms with van der Waals surface area (Å²) in [6, 6.07) is 0.644. The number of nitrogens with one attached hydrogen (secondary N) is 1. The largest absolute Gasteiger partial charge is 0.307 e. The number of nitrogens with zero attached hydrogens (tertiary/aromatic N) is 1. The molecule has 2 bridgehead atoms. The lowest BCUT2D eigenvalue weighted by Crippen LogP contribution is -2.49. The quantitative estimate of drug-likeness (QED) is 0.899. The second-order valence-electron chi connectivity index (χ2n) is 7.09. The van der Waals surface area contributed by atoms with Crippen molar-refractivity contribution in [3.63, 3.8) is 0 Å². The molecule has 0 aliphatic heterocycles. The highest BCUT2D eigenvalue weighted by atomic mass is 32.1. The van der Waals surface area contributed by atoms with E-state index in [9.17, 15) is 0 Å². The molecule has 3 heteroatoms. The van der Waals surface area contributed by atoms with Gasteiger partial charge >= 0.3 is 0 Å². The van der Waals surface area contributed by atoms with Crippen molar-refractivity contribution in [2.75, 3.05) is 0 Å². The molecule has 1 N–H and O–H groups in total. The van der Waals surface area contributed by atoms with Gasteiger partial charge in [0.2, 0.25) is 0 Å². The van der Waals surface area contributed by atoms with E-state index in [1.807, 2.05) is 0 Å². The molecular formula is C15H24N2S. The first-order chi connectivity index (χ1) is 8.42. The third-order valence-electron chi connectivity index (χ3n) is 5.42. The zero-order valence-electron chi connectivity index (χ0n) is 11.9. The fraction of sp³-hybridized carbons (Fsp3) is 0.800. The maximum atomic E-state index is 4.56. The number of thiazole rings is 1. The fourth-order valence-electron chi connectivity index (χ4n) is 4.51. The van der Waals surface area contributed by atoms with Gasteiger partial charge in [0.1, 0.15) is 0 Å². The van der Waals surface area contributed by atoms with Crippen LogP contribution in [0, 0.1) is 23.7 Å². The van der Waals surface area contributed by atoms with Crippen molar-refractivity contribution in [3.05, 3.63) is 16.1 Å².